The molecule has 0 saturated carbocycles. The SMILES string of the molecule is CC(C(=O)O)C1=CCCC([N+](=O)[O-])C1. The van der Waals surface area contributed by atoms with E-state index in [1.165, 1.54) is 0 Å². The maximum atomic E-state index is 10.7. The van der Waals surface area contributed by atoms with E-state index in [-0.39, 0.29) is 11.3 Å². The Morgan fingerprint density at radius 3 is 2.93 bits per heavy atom. The van der Waals surface area contributed by atoms with Gasteiger partial charge in [0.2, 0.25) is 6.04 Å². The van der Waals surface area contributed by atoms with Gasteiger partial charge in [-0.3, -0.25) is 14.9 Å². The summed E-state index contributed by atoms with van der Waals surface area (Å²) in [7, 11) is 0. The van der Waals surface area contributed by atoms with Gasteiger partial charge in [0, 0.05) is 17.8 Å². The van der Waals surface area contributed by atoms with Crippen LogP contribution in [0.25, 0.3) is 0 Å². The highest BCUT2D eigenvalue weighted by atomic mass is 16.6. The number of aliphatic carboxylic acids is 1. The normalized spacial score (nSPS) is 23.8. The molecule has 1 N–H and O–H groups in total. The van der Waals surface area contributed by atoms with E-state index in [0.29, 0.717) is 18.4 Å². The summed E-state index contributed by atoms with van der Waals surface area (Å²) in [5.41, 5.74) is 0.686. The van der Waals surface area contributed by atoms with Crippen LogP contribution in [0.5, 0.6) is 0 Å². The van der Waals surface area contributed by atoms with Gasteiger partial charge in [0.1, 0.15) is 0 Å². The van der Waals surface area contributed by atoms with Crippen molar-refractivity contribution in [2.45, 2.75) is 32.2 Å². The van der Waals surface area contributed by atoms with E-state index in [0.717, 1.165) is 0 Å². The highest BCUT2D eigenvalue weighted by molar-refractivity contribution is 5.73. The molecule has 0 amide bonds. The van der Waals surface area contributed by atoms with Crippen molar-refractivity contribution < 1.29 is 14.8 Å². The quantitative estimate of drug-likeness (QED) is 0.424. The molecule has 0 radical (unpaired) electrons. The minimum absolute atomic E-state index is 0.278. The molecule has 0 aromatic rings. The standard InChI is InChI=1S/C9H13NO4/c1-6(9(11)12)7-3-2-4-8(5-7)10(13)14/h3,6,8H,2,4-5H2,1H3,(H,11,12). The number of nitro groups is 1. The number of hydrogen-bond acceptors (Lipinski definition) is 3. The molecule has 0 aliphatic heterocycles. The van der Waals surface area contributed by atoms with Crippen LogP contribution in [0.15, 0.2) is 11.6 Å². The van der Waals surface area contributed by atoms with E-state index in [1.54, 1.807) is 6.92 Å². The van der Waals surface area contributed by atoms with Gasteiger partial charge in [0.25, 0.3) is 0 Å². The molecule has 5 heteroatoms. The second-order valence-corrected chi connectivity index (χ2v) is 3.56. The van der Waals surface area contributed by atoms with Crippen molar-refractivity contribution in [3.63, 3.8) is 0 Å². The average Bonchev–Trinajstić information content (AvgIpc) is 2.16. The molecule has 1 rings (SSSR count). The lowest BCUT2D eigenvalue weighted by molar-refractivity contribution is -0.523. The van der Waals surface area contributed by atoms with Gasteiger partial charge in [0.15, 0.2) is 0 Å². The molecule has 0 fully saturated rings. The Kier molecular flexibility index (Phi) is 3.22. The molecule has 0 aromatic carbocycles. The number of carboxylic acids is 1. The number of carbonyl (C=O) groups is 1. The fourth-order valence-corrected chi connectivity index (χ4v) is 1.61. The molecule has 0 spiro atoms. The van der Waals surface area contributed by atoms with Crippen molar-refractivity contribution in [2.24, 2.45) is 5.92 Å². The number of carboxylic acid groups (broad SMARTS) is 1. The van der Waals surface area contributed by atoms with Crippen LogP contribution in [0.1, 0.15) is 26.2 Å². The van der Waals surface area contributed by atoms with Gasteiger partial charge in [-0.15, -0.1) is 0 Å². The molecule has 1 aliphatic rings. The highest BCUT2D eigenvalue weighted by Crippen LogP contribution is 2.26. The lowest BCUT2D eigenvalue weighted by Crippen LogP contribution is -2.26. The highest BCUT2D eigenvalue weighted by Gasteiger charge is 2.28. The van der Waals surface area contributed by atoms with Crippen LogP contribution in [0.4, 0.5) is 0 Å². The third-order valence-corrected chi connectivity index (χ3v) is 2.60. The molecule has 0 heterocycles. The van der Waals surface area contributed by atoms with Gasteiger partial charge in [0.05, 0.1) is 5.92 Å². The Hall–Kier alpha value is -1.39. The second-order valence-electron chi connectivity index (χ2n) is 3.56. The van der Waals surface area contributed by atoms with E-state index < -0.39 is 17.9 Å². The van der Waals surface area contributed by atoms with E-state index in [2.05, 4.69) is 0 Å². The largest absolute Gasteiger partial charge is 0.481 e. The monoisotopic (exact) mass is 199 g/mol. The number of rotatable bonds is 3. The predicted molar refractivity (Wildman–Crippen MR) is 49.5 cm³/mol. The molecular formula is C9H13NO4. The van der Waals surface area contributed by atoms with Crippen molar-refractivity contribution in [3.8, 4) is 0 Å². The maximum absolute atomic E-state index is 10.7. The Balaban J connectivity index is 2.68. The van der Waals surface area contributed by atoms with Crippen molar-refractivity contribution in [3.05, 3.63) is 21.8 Å². The molecule has 0 bridgehead atoms. The van der Waals surface area contributed by atoms with Crippen LogP contribution >= 0.6 is 0 Å². The summed E-state index contributed by atoms with van der Waals surface area (Å²) in [6.07, 6.45) is 3.22. The third-order valence-electron chi connectivity index (χ3n) is 2.60. The molecule has 0 saturated heterocycles. The molecular weight excluding hydrogens is 186 g/mol. The molecule has 5 nitrogen and oxygen atoms in total. The first-order chi connectivity index (χ1) is 6.52. The fourth-order valence-electron chi connectivity index (χ4n) is 1.61. The van der Waals surface area contributed by atoms with Gasteiger partial charge >= 0.3 is 5.97 Å². The predicted octanol–water partition coefficient (Wildman–Crippen LogP) is 1.46. The van der Waals surface area contributed by atoms with E-state index in [9.17, 15) is 14.9 Å². The first-order valence-electron chi connectivity index (χ1n) is 4.57. The van der Waals surface area contributed by atoms with Gasteiger partial charge in [-0.1, -0.05) is 11.6 Å². The van der Waals surface area contributed by atoms with Crippen LogP contribution in [0, 0.1) is 16.0 Å². The Morgan fingerprint density at radius 1 is 1.79 bits per heavy atom. The van der Waals surface area contributed by atoms with E-state index >= 15 is 0 Å². The van der Waals surface area contributed by atoms with Crippen molar-refractivity contribution in [2.75, 3.05) is 0 Å². The van der Waals surface area contributed by atoms with Crippen LogP contribution in [0.3, 0.4) is 0 Å². The average molecular weight is 199 g/mol. The van der Waals surface area contributed by atoms with Gasteiger partial charge in [-0.25, -0.2) is 0 Å². The summed E-state index contributed by atoms with van der Waals surface area (Å²) >= 11 is 0. The summed E-state index contributed by atoms with van der Waals surface area (Å²) in [5, 5.41) is 19.3. The zero-order valence-electron chi connectivity index (χ0n) is 7.97. The topological polar surface area (TPSA) is 80.4 Å². The molecule has 14 heavy (non-hydrogen) atoms. The number of hydrogen-bond donors (Lipinski definition) is 1. The van der Waals surface area contributed by atoms with Crippen molar-refractivity contribution in [1.82, 2.24) is 0 Å². The first kappa shape index (κ1) is 10.7. The van der Waals surface area contributed by atoms with Gasteiger partial charge < -0.3 is 5.11 Å². The summed E-state index contributed by atoms with van der Waals surface area (Å²) in [4.78, 5) is 20.9. The zero-order valence-corrected chi connectivity index (χ0v) is 7.97. The van der Waals surface area contributed by atoms with E-state index in [1.807, 2.05) is 6.08 Å². The zero-order chi connectivity index (χ0) is 10.7. The molecule has 78 valence electrons. The van der Waals surface area contributed by atoms with Gasteiger partial charge in [-0.05, 0) is 13.3 Å². The van der Waals surface area contributed by atoms with Crippen LogP contribution < -0.4 is 0 Å². The smallest absolute Gasteiger partial charge is 0.310 e. The van der Waals surface area contributed by atoms with Crippen molar-refractivity contribution in [1.29, 1.82) is 0 Å². The Labute approximate surface area is 81.6 Å². The lowest BCUT2D eigenvalue weighted by Gasteiger charge is -2.19. The molecule has 2 atom stereocenters. The van der Waals surface area contributed by atoms with Crippen LogP contribution in [-0.2, 0) is 4.79 Å². The number of allylic oxidation sites excluding steroid dienone is 1. The summed E-state index contributed by atoms with van der Waals surface area (Å²) in [5.74, 6) is -1.52. The summed E-state index contributed by atoms with van der Waals surface area (Å²) in [6, 6.07) is -0.600. The molecule has 0 aromatic heterocycles. The van der Waals surface area contributed by atoms with Gasteiger partial charge in [-0.2, -0.15) is 0 Å². The van der Waals surface area contributed by atoms with E-state index in [4.69, 9.17) is 5.11 Å². The second kappa shape index (κ2) is 4.21. The Morgan fingerprint density at radius 2 is 2.43 bits per heavy atom. The minimum atomic E-state index is -0.916. The third kappa shape index (κ3) is 2.31. The Bertz CT molecular complexity index is 285. The maximum Gasteiger partial charge on any atom is 0.310 e. The first-order valence-corrected chi connectivity index (χ1v) is 4.57. The molecule has 1 aliphatic carbocycles. The van der Waals surface area contributed by atoms with Crippen LogP contribution in [0.2, 0.25) is 0 Å². The summed E-state index contributed by atoms with van der Waals surface area (Å²) in [6.45, 7) is 1.57. The molecule has 2 unspecified atom stereocenters. The fraction of sp³-hybridized carbons (Fsp3) is 0.667. The summed E-state index contributed by atoms with van der Waals surface area (Å²) < 4.78 is 0. The minimum Gasteiger partial charge on any atom is -0.481 e. The van der Waals surface area contributed by atoms with Crippen LogP contribution in [-0.4, -0.2) is 22.0 Å². The number of nitrogens with zero attached hydrogens (tertiary/aromatic N) is 1. The van der Waals surface area contributed by atoms with Crippen molar-refractivity contribution >= 4 is 5.97 Å². The lowest BCUT2D eigenvalue weighted by atomic mass is 9.88.